The van der Waals surface area contributed by atoms with Crippen LogP contribution in [0.3, 0.4) is 0 Å². The number of rotatable bonds is 4. The predicted molar refractivity (Wildman–Crippen MR) is 70.4 cm³/mol. The molecular weight excluding hydrogens is 214 g/mol. The quantitative estimate of drug-likeness (QED) is 0.770. The fourth-order valence-corrected chi connectivity index (χ4v) is 2.92. The van der Waals surface area contributed by atoms with E-state index in [-0.39, 0.29) is 0 Å². The molecule has 0 aliphatic carbocycles. The van der Waals surface area contributed by atoms with E-state index in [0.29, 0.717) is 12.1 Å². The second-order valence-electron chi connectivity index (χ2n) is 5.71. The van der Waals surface area contributed by atoms with Gasteiger partial charge in [0.1, 0.15) is 0 Å². The Morgan fingerprint density at radius 3 is 2.88 bits per heavy atom. The van der Waals surface area contributed by atoms with Gasteiger partial charge in [-0.25, -0.2) is 0 Å². The van der Waals surface area contributed by atoms with E-state index in [1.807, 2.05) is 0 Å². The van der Waals surface area contributed by atoms with Crippen LogP contribution >= 0.6 is 0 Å². The normalized spacial score (nSPS) is 33.2. The highest BCUT2D eigenvalue weighted by atomic mass is 16.5. The number of likely N-dealkylation sites (tertiary alicyclic amines) is 1. The molecule has 0 amide bonds. The van der Waals surface area contributed by atoms with Gasteiger partial charge in [0.05, 0.1) is 13.2 Å². The smallest absolute Gasteiger partial charge is 0.0620 e. The van der Waals surface area contributed by atoms with Gasteiger partial charge in [-0.05, 0) is 33.9 Å². The molecule has 2 saturated heterocycles. The van der Waals surface area contributed by atoms with Crippen molar-refractivity contribution in [1.82, 2.24) is 15.1 Å². The van der Waals surface area contributed by atoms with Crippen LogP contribution in [0, 0.1) is 0 Å². The number of nitrogens with one attached hydrogen (secondary N) is 1. The van der Waals surface area contributed by atoms with Crippen molar-refractivity contribution in [2.75, 3.05) is 46.9 Å². The van der Waals surface area contributed by atoms with Gasteiger partial charge >= 0.3 is 0 Å². The van der Waals surface area contributed by atoms with Crippen molar-refractivity contribution in [3.8, 4) is 0 Å². The Bertz CT molecular complexity index is 229. The number of hydrogen-bond donors (Lipinski definition) is 1. The summed E-state index contributed by atoms with van der Waals surface area (Å²) in [5, 5.41) is 3.55. The molecule has 2 aliphatic heterocycles. The number of nitrogens with zero attached hydrogens (tertiary/aromatic N) is 2. The highest BCUT2D eigenvalue weighted by molar-refractivity contribution is 4.86. The zero-order chi connectivity index (χ0) is 12.3. The lowest BCUT2D eigenvalue weighted by molar-refractivity contribution is 0.0637. The van der Waals surface area contributed by atoms with E-state index >= 15 is 0 Å². The third-order valence-electron chi connectivity index (χ3n) is 4.17. The molecule has 3 unspecified atom stereocenters. The molecule has 0 radical (unpaired) electrons. The third-order valence-corrected chi connectivity index (χ3v) is 4.17. The summed E-state index contributed by atoms with van der Waals surface area (Å²) in [7, 11) is 4.38. The second kappa shape index (κ2) is 6.14. The molecule has 1 N–H and O–H groups in total. The van der Waals surface area contributed by atoms with E-state index in [2.05, 4.69) is 36.1 Å². The van der Waals surface area contributed by atoms with Crippen LogP contribution in [0.25, 0.3) is 0 Å². The lowest BCUT2D eigenvalue weighted by Crippen LogP contribution is -2.46. The zero-order valence-corrected chi connectivity index (χ0v) is 11.5. The van der Waals surface area contributed by atoms with Crippen LogP contribution in [0.15, 0.2) is 0 Å². The molecule has 2 fully saturated rings. The van der Waals surface area contributed by atoms with Gasteiger partial charge in [0.15, 0.2) is 0 Å². The summed E-state index contributed by atoms with van der Waals surface area (Å²) in [6, 6.07) is 1.96. The lowest BCUT2D eigenvalue weighted by Gasteiger charge is -2.31. The van der Waals surface area contributed by atoms with Gasteiger partial charge in [-0.3, -0.25) is 4.90 Å². The first-order chi connectivity index (χ1) is 8.16. The highest BCUT2D eigenvalue weighted by Gasteiger charge is 2.28. The van der Waals surface area contributed by atoms with Crippen molar-refractivity contribution in [2.24, 2.45) is 0 Å². The average Bonchev–Trinajstić information content (AvgIpc) is 2.79. The first kappa shape index (κ1) is 13.3. The van der Waals surface area contributed by atoms with Crippen LogP contribution in [0.2, 0.25) is 0 Å². The maximum Gasteiger partial charge on any atom is 0.0620 e. The first-order valence-corrected chi connectivity index (χ1v) is 6.88. The van der Waals surface area contributed by atoms with Crippen LogP contribution in [0.5, 0.6) is 0 Å². The second-order valence-corrected chi connectivity index (χ2v) is 5.71. The molecule has 4 nitrogen and oxygen atoms in total. The van der Waals surface area contributed by atoms with Gasteiger partial charge in [-0.1, -0.05) is 0 Å². The third kappa shape index (κ3) is 3.65. The summed E-state index contributed by atoms with van der Waals surface area (Å²) in [4.78, 5) is 4.98. The molecule has 17 heavy (non-hydrogen) atoms. The monoisotopic (exact) mass is 241 g/mol. The van der Waals surface area contributed by atoms with Crippen LogP contribution < -0.4 is 5.32 Å². The van der Waals surface area contributed by atoms with E-state index in [9.17, 15) is 0 Å². The Kier molecular flexibility index (Phi) is 4.79. The van der Waals surface area contributed by atoms with Gasteiger partial charge in [0.25, 0.3) is 0 Å². The first-order valence-electron chi connectivity index (χ1n) is 6.88. The Morgan fingerprint density at radius 2 is 2.29 bits per heavy atom. The summed E-state index contributed by atoms with van der Waals surface area (Å²) >= 11 is 0. The summed E-state index contributed by atoms with van der Waals surface area (Å²) in [6.07, 6.45) is 2.52. The SMILES string of the molecule is CC(CC1COCCN1)N1CCC(N(C)C)C1. The highest BCUT2D eigenvalue weighted by Crippen LogP contribution is 2.18. The van der Waals surface area contributed by atoms with Crippen molar-refractivity contribution >= 4 is 0 Å². The number of morpholine rings is 1. The van der Waals surface area contributed by atoms with Crippen molar-refractivity contribution in [2.45, 2.75) is 37.9 Å². The van der Waals surface area contributed by atoms with Crippen molar-refractivity contribution in [1.29, 1.82) is 0 Å². The molecule has 0 saturated carbocycles. The Labute approximate surface area is 105 Å². The van der Waals surface area contributed by atoms with Gasteiger partial charge in [-0.15, -0.1) is 0 Å². The molecule has 2 aliphatic rings. The average molecular weight is 241 g/mol. The minimum absolute atomic E-state index is 0.553. The maximum absolute atomic E-state index is 5.52. The molecule has 0 spiro atoms. The fraction of sp³-hybridized carbons (Fsp3) is 1.00. The number of ether oxygens (including phenoxy) is 1. The van der Waals surface area contributed by atoms with Gasteiger partial charge in [0.2, 0.25) is 0 Å². The van der Waals surface area contributed by atoms with Gasteiger partial charge in [-0.2, -0.15) is 0 Å². The molecular formula is C13H27N3O. The Balaban J connectivity index is 1.74. The minimum atomic E-state index is 0.553. The van der Waals surface area contributed by atoms with E-state index in [1.165, 1.54) is 25.9 Å². The molecule has 2 heterocycles. The molecule has 0 aromatic carbocycles. The zero-order valence-electron chi connectivity index (χ0n) is 11.5. The standard InChI is InChI=1S/C13H27N3O/c1-11(8-12-10-17-7-5-14-12)16-6-4-13(9-16)15(2)3/h11-14H,4-10H2,1-3H3. The summed E-state index contributed by atoms with van der Waals surface area (Å²) in [5.74, 6) is 0. The van der Waals surface area contributed by atoms with Crippen LogP contribution in [-0.4, -0.2) is 74.9 Å². The summed E-state index contributed by atoms with van der Waals surface area (Å²) in [6.45, 7) is 7.60. The molecule has 4 heteroatoms. The summed E-state index contributed by atoms with van der Waals surface area (Å²) < 4.78 is 5.52. The van der Waals surface area contributed by atoms with Gasteiger partial charge in [0, 0.05) is 37.8 Å². The van der Waals surface area contributed by atoms with Crippen molar-refractivity contribution < 1.29 is 4.74 Å². The molecule has 0 aromatic heterocycles. The molecule has 0 aromatic rings. The van der Waals surface area contributed by atoms with Crippen molar-refractivity contribution in [3.63, 3.8) is 0 Å². The number of hydrogen-bond acceptors (Lipinski definition) is 4. The molecule has 3 atom stereocenters. The predicted octanol–water partition coefficient (Wildman–Crippen LogP) is 0.389. The topological polar surface area (TPSA) is 27.7 Å². The minimum Gasteiger partial charge on any atom is -0.379 e. The van der Waals surface area contributed by atoms with Crippen LogP contribution in [0.1, 0.15) is 19.8 Å². The van der Waals surface area contributed by atoms with Crippen molar-refractivity contribution in [3.05, 3.63) is 0 Å². The Hall–Kier alpha value is -0.160. The number of likely N-dealkylation sites (N-methyl/N-ethyl adjacent to an activating group) is 1. The van der Waals surface area contributed by atoms with E-state index < -0.39 is 0 Å². The maximum atomic E-state index is 5.52. The Morgan fingerprint density at radius 1 is 1.47 bits per heavy atom. The van der Waals surface area contributed by atoms with E-state index in [0.717, 1.165) is 25.8 Å². The van der Waals surface area contributed by atoms with Crippen LogP contribution in [-0.2, 0) is 4.74 Å². The van der Waals surface area contributed by atoms with Gasteiger partial charge < -0.3 is 15.0 Å². The fourth-order valence-electron chi connectivity index (χ4n) is 2.92. The molecule has 2 rings (SSSR count). The van der Waals surface area contributed by atoms with E-state index in [1.54, 1.807) is 0 Å². The summed E-state index contributed by atoms with van der Waals surface area (Å²) in [5.41, 5.74) is 0. The largest absolute Gasteiger partial charge is 0.379 e. The van der Waals surface area contributed by atoms with Crippen LogP contribution in [0.4, 0.5) is 0 Å². The van der Waals surface area contributed by atoms with E-state index in [4.69, 9.17) is 4.74 Å². The molecule has 100 valence electrons. The molecule has 0 bridgehead atoms. The lowest BCUT2D eigenvalue weighted by atomic mass is 10.1.